The van der Waals surface area contributed by atoms with Crippen LogP contribution < -0.4 is 0 Å². The number of carbonyl (C=O) groups excluding carboxylic acids is 1. The summed E-state index contributed by atoms with van der Waals surface area (Å²) in [6.45, 7) is 3.35. The van der Waals surface area contributed by atoms with Crippen LogP contribution in [-0.2, 0) is 11.2 Å². The predicted molar refractivity (Wildman–Crippen MR) is 76.1 cm³/mol. The molecule has 2 aromatic rings. The largest absolute Gasteiger partial charge is 0.381 e. The Morgan fingerprint density at radius 3 is 2.90 bits per heavy atom. The maximum absolute atomic E-state index is 12.4. The van der Waals surface area contributed by atoms with Gasteiger partial charge in [0, 0.05) is 25.2 Å². The number of benzene rings is 1. The zero-order valence-corrected chi connectivity index (χ0v) is 12.0. The van der Waals surface area contributed by atoms with Crippen molar-refractivity contribution in [2.75, 3.05) is 13.2 Å². The molecule has 21 heavy (non-hydrogen) atoms. The summed E-state index contributed by atoms with van der Waals surface area (Å²) in [5.41, 5.74) is 0.661. The Labute approximate surface area is 123 Å². The van der Waals surface area contributed by atoms with Crippen molar-refractivity contribution in [1.29, 1.82) is 0 Å². The Hall–Kier alpha value is -2.01. The highest BCUT2D eigenvalue weighted by Crippen LogP contribution is 2.21. The van der Waals surface area contributed by atoms with E-state index in [1.807, 2.05) is 18.2 Å². The van der Waals surface area contributed by atoms with E-state index in [-0.39, 0.29) is 5.78 Å². The van der Waals surface area contributed by atoms with E-state index < -0.39 is 5.92 Å². The molecule has 0 N–H and O–H groups in total. The first-order valence-electron chi connectivity index (χ1n) is 7.23. The van der Waals surface area contributed by atoms with Crippen LogP contribution >= 0.6 is 0 Å². The molecule has 0 saturated carbocycles. The first-order valence-corrected chi connectivity index (χ1v) is 7.23. The number of Topliss-reactive ketones (excluding diaryl/α,β-unsaturated/α-hetero) is 1. The van der Waals surface area contributed by atoms with Gasteiger partial charge in [0.2, 0.25) is 5.89 Å². The average Bonchev–Trinajstić information content (AvgIpc) is 3.19. The number of nitrogens with zero attached hydrogens (tertiary/aromatic N) is 2. The molecule has 110 valence electrons. The molecule has 2 unspecified atom stereocenters. The van der Waals surface area contributed by atoms with Crippen LogP contribution in [0.25, 0.3) is 0 Å². The van der Waals surface area contributed by atoms with E-state index in [1.54, 1.807) is 19.1 Å². The summed E-state index contributed by atoms with van der Waals surface area (Å²) in [6.07, 6.45) is 1.78. The molecule has 1 aromatic heterocycles. The van der Waals surface area contributed by atoms with Gasteiger partial charge >= 0.3 is 0 Å². The molecule has 0 aliphatic carbocycles. The lowest BCUT2D eigenvalue weighted by Gasteiger charge is -2.05. The third-order valence-corrected chi connectivity index (χ3v) is 3.80. The fourth-order valence-electron chi connectivity index (χ4n) is 2.49. The van der Waals surface area contributed by atoms with Crippen molar-refractivity contribution < 1.29 is 14.1 Å². The highest BCUT2D eigenvalue weighted by atomic mass is 16.5. The Kier molecular flexibility index (Phi) is 4.10. The molecular weight excluding hydrogens is 268 g/mol. The van der Waals surface area contributed by atoms with Crippen molar-refractivity contribution in [2.24, 2.45) is 5.92 Å². The van der Waals surface area contributed by atoms with Crippen LogP contribution in [0.3, 0.4) is 0 Å². The molecule has 0 radical (unpaired) electrons. The van der Waals surface area contributed by atoms with Gasteiger partial charge in [-0.2, -0.15) is 4.98 Å². The third-order valence-electron chi connectivity index (χ3n) is 3.80. The van der Waals surface area contributed by atoms with Crippen molar-refractivity contribution in [2.45, 2.75) is 25.7 Å². The van der Waals surface area contributed by atoms with Gasteiger partial charge < -0.3 is 9.26 Å². The number of rotatable bonds is 5. The standard InChI is InChI=1S/C16H18N2O3/c1-11(15(19)13-5-3-2-4-6-13)16-17-14(18-21-16)9-12-7-8-20-10-12/h2-6,11-12H,7-10H2,1H3. The highest BCUT2D eigenvalue weighted by molar-refractivity contribution is 6.00. The third kappa shape index (κ3) is 3.19. The fourth-order valence-corrected chi connectivity index (χ4v) is 2.49. The minimum absolute atomic E-state index is 0.00463. The van der Waals surface area contributed by atoms with E-state index in [2.05, 4.69) is 10.1 Å². The van der Waals surface area contributed by atoms with Crippen LogP contribution in [0, 0.1) is 5.92 Å². The maximum atomic E-state index is 12.4. The summed E-state index contributed by atoms with van der Waals surface area (Å²) < 4.78 is 10.6. The van der Waals surface area contributed by atoms with Gasteiger partial charge in [0.1, 0.15) is 0 Å². The van der Waals surface area contributed by atoms with Gasteiger partial charge in [-0.25, -0.2) is 0 Å². The second kappa shape index (κ2) is 6.18. The van der Waals surface area contributed by atoms with Crippen LogP contribution in [0.1, 0.15) is 41.3 Å². The monoisotopic (exact) mass is 286 g/mol. The lowest BCUT2D eigenvalue weighted by Crippen LogP contribution is -2.10. The lowest BCUT2D eigenvalue weighted by atomic mass is 9.99. The number of aromatic nitrogens is 2. The number of carbonyl (C=O) groups is 1. The topological polar surface area (TPSA) is 65.2 Å². The van der Waals surface area contributed by atoms with Crippen LogP contribution in [0.15, 0.2) is 34.9 Å². The number of ether oxygens (including phenoxy) is 1. The zero-order chi connectivity index (χ0) is 14.7. The molecule has 5 nitrogen and oxygen atoms in total. The van der Waals surface area contributed by atoms with Crippen molar-refractivity contribution in [3.63, 3.8) is 0 Å². The normalized spacial score (nSPS) is 19.6. The summed E-state index contributed by atoms with van der Waals surface area (Å²) in [5, 5.41) is 3.98. The van der Waals surface area contributed by atoms with Crippen LogP contribution in [-0.4, -0.2) is 29.1 Å². The van der Waals surface area contributed by atoms with Gasteiger partial charge in [-0.3, -0.25) is 4.79 Å². The van der Waals surface area contributed by atoms with E-state index in [0.29, 0.717) is 23.2 Å². The molecule has 1 fully saturated rings. The molecule has 3 rings (SSSR count). The van der Waals surface area contributed by atoms with Gasteiger partial charge in [0.05, 0.1) is 5.92 Å². The zero-order valence-electron chi connectivity index (χ0n) is 12.0. The molecule has 5 heteroatoms. The Morgan fingerprint density at radius 2 is 2.19 bits per heavy atom. The number of hydrogen-bond acceptors (Lipinski definition) is 5. The molecule has 1 aromatic carbocycles. The minimum atomic E-state index is -0.423. The summed E-state index contributed by atoms with van der Waals surface area (Å²) in [6, 6.07) is 9.17. The highest BCUT2D eigenvalue weighted by Gasteiger charge is 2.24. The smallest absolute Gasteiger partial charge is 0.237 e. The second-order valence-electron chi connectivity index (χ2n) is 5.43. The van der Waals surface area contributed by atoms with Gasteiger partial charge in [-0.15, -0.1) is 0 Å². The van der Waals surface area contributed by atoms with Gasteiger partial charge in [0.25, 0.3) is 0 Å². The van der Waals surface area contributed by atoms with E-state index in [4.69, 9.17) is 9.26 Å². The summed E-state index contributed by atoms with van der Waals surface area (Å²) in [4.78, 5) is 16.7. The number of ketones is 1. The van der Waals surface area contributed by atoms with Crippen molar-refractivity contribution in [3.8, 4) is 0 Å². The van der Waals surface area contributed by atoms with Gasteiger partial charge in [-0.05, 0) is 19.3 Å². The Morgan fingerprint density at radius 1 is 1.38 bits per heavy atom. The predicted octanol–water partition coefficient (Wildman–Crippen LogP) is 2.64. The summed E-state index contributed by atoms with van der Waals surface area (Å²) in [5.74, 6) is 1.07. The molecular formula is C16H18N2O3. The molecule has 1 saturated heterocycles. The van der Waals surface area contributed by atoms with E-state index in [9.17, 15) is 4.79 Å². The first-order chi connectivity index (χ1) is 10.2. The van der Waals surface area contributed by atoms with E-state index in [1.165, 1.54) is 0 Å². The van der Waals surface area contributed by atoms with Crippen LogP contribution in [0.2, 0.25) is 0 Å². The lowest BCUT2D eigenvalue weighted by molar-refractivity contribution is 0.0951. The Bertz CT molecular complexity index is 603. The molecule has 2 atom stereocenters. The quantitative estimate of drug-likeness (QED) is 0.790. The minimum Gasteiger partial charge on any atom is -0.381 e. The molecule has 0 spiro atoms. The van der Waals surface area contributed by atoms with Crippen LogP contribution in [0.4, 0.5) is 0 Å². The van der Waals surface area contributed by atoms with E-state index >= 15 is 0 Å². The molecule has 0 amide bonds. The number of hydrogen-bond donors (Lipinski definition) is 0. The SMILES string of the molecule is CC(C(=O)c1ccccc1)c1nc(CC2CCOC2)no1. The Balaban J connectivity index is 1.68. The average molecular weight is 286 g/mol. The van der Waals surface area contributed by atoms with Gasteiger partial charge in [-0.1, -0.05) is 35.5 Å². The van der Waals surface area contributed by atoms with E-state index in [0.717, 1.165) is 26.1 Å². The molecule has 1 aliphatic rings. The summed E-state index contributed by atoms with van der Waals surface area (Å²) in [7, 11) is 0. The second-order valence-corrected chi connectivity index (χ2v) is 5.43. The molecule has 2 heterocycles. The van der Waals surface area contributed by atoms with Crippen molar-refractivity contribution in [3.05, 3.63) is 47.6 Å². The molecule has 0 bridgehead atoms. The molecule has 1 aliphatic heterocycles. The first kappa shape index (κ1) is 13.9. The van der Waals surface area contributed by atoms with Crippen molar-refractivity contribution >= 4 is 5.78 Å². The van der Waals surface area contributed by atoms with Gasteiger partial charge in [0.15, 0.2) is 11.6 Å². The van der Waals surface area contributed by atoms with Crippen LogP contribution in [0.5, 0.6) is 0 Å². The van der Waals surface area contributed by atoms with Crippen molar-refractivity contribution in [1.82, 2.24) is 10.1 Å². The maximum Gasteiger partial charge on any atom is 0.237 e. The fraction of sp³-hybridized carbons (Fsp3) is 0.438. The summed E-state index contributed by atoms with van der Waals surface area (Å²) >= 11 is 0.